The molecule has 0 N–H and O–H groups in total. The lowest BCUT2D eigenvalue weighted by atomic mass is 10.0. The fourth-order valence-corrected chi connectivity index (χ4v) is 4.38. The summed E-state index contributed by atoms with van der Waals surface area (Å²) in [6, 6.07) is 12.1. The standard InChI is InChI=1S/C25H26ClN5O5/c1-2-14-29(25(33)18-8-12-20(13-9-18)31(34)35)16-22(32)30-15-4-3-5-21(30)24-27-23(28-36-24)17-6-10-19(26)11-7-17/h6-13,21H,2-5,14-16H2,1H3. The van der Waals surface area contributed by atoms with Crippen LogP contribution in [0.25, 0.3) is 11.4 Å². The third-order valence-corrected chi connectivity index (χ3v) is 6.34. The molecule has 1 aliphatic heterocycles. The highest BCUT2D eigenvalue weighted by atomic mass is 35.5. The number of benzene rings is 2. The Kier molecular flexibility index (Phi) is 7.94. The van der Waals surface area contributed by atoms with Crippen molar-refractivity contribution in [1.82, 2.24) is 19.9 Å². The number of amides is 2. The number of hydrogen-bond acceptors (Lipinski definition) is 7. The van der Waals surface area contributed by atoms with Gasteiger partial charge in [-0.2, -0.15) is 4.98 Å². The van der Waals surface area contributed by atoms with E-state index < -0.39 is 4.92 Å². The number of aromatic nitrogens is 2. The third kappa shape index (κ3) is 5.71. The van der Waals surface area contributed by atoms with E-state index in [4.69, 9.17) is 16.1 Å². The number of hydrogen-bond donors (Lipinski definition) is 0. The van der Waals surface area contributed by atoms with E-state index in [9.17, 15) is 19.7 Å². The third-order valence-electron chi connectivity index (χ3n) is 6.08. The van der Waals surface area contributed by atoms with Crippen LogP contribution >= 0.6 is 11.6 Å². The first-order valence-electron chi connectivity index (χ1n) is 11.8. The number of halogens is 1. The van der Waals surface area contributed by atoms with Crippen LogP contribution in [0.1, 0.15) is 54.9 Å². The Labute approximate surface area is 213 Å². The number of nitrogens with zero attached hydrogens (tertiary/aromatic N) is 5. The zero-order valence-electron chi connectivity index (χ0n) is 19.8. The summed E-state index contributed by atoms with van der Waals surface area (Å²) in [6.45, 7) is 2.70. The molecule has 2 heterocycles. The second kappa shape index (κ2) is 11.3. The van der Waals surface area contributed by atoms with Gasteiger partial charge < -0.3 is 14.3 Å². The first-order chi connectivity index (χ1) is 17.4. The topological polar surface area (TPSA) is 123 Å². The zero-order chi connectivity index (χ0) is 25.7. The van der Waals surface area contributed by atoms with E-state index >= 15 is 0 Å². The van der Waals surface area contributed by atoms with Crippen molar-refractivity contribution < 1.29 is 19.0 Å². The zero-order valence-corrected chi connectivity index (χ0v) is 20.6. The van der Waals surface area contributed by atoms with Crippen molar-refractivity contribution in [1.29, 1.82) is 0 Å². The molecule has 2 aromatic carbocycles. The van der Waals surface area contributed by atoms with Crippen molar-refractivity contribution in [2.24, 2.45) is 0 Å². The lowest BCUT2D eigenvalue weighted by Crippen LogP contribution is -2.46. The van der Waals surface area contributed by atoms with E-state index in [0.29, 0.717) is 48.2 Å². The van der Waals surface area contributed by atoms with Crippen LogP contribution in [0.4, 0.5) is 5.69 Å². The van der Waals surface area contributed by atoms with E-state index in [-0.39, 0.29) is 30.1 Å². The minimum atomic E-state index is -0.520. The first-order valence-corrected chi connectivity index (χ1v) is 12.2. The molecule has 0 bridgehead atoms. The molecule has 0 spiro atoms. The maximum absolute atomic E-state index is 13.4. The molecule has 0 radical (unpaired) electrons. The SMILES string of the molecule is CCCN(CC(=O)N1CCCCC1c1nc(-c2ccc(Cl)cc2)no1)C(=O)c1ccc([N+](=O)[O-])cc1. The Bertz CT molecular complexity index is 1230. The normalized spacial score (nSPS) is 15.5. The minimum Gasteiger partial charge on any atom is -0.337 e. The molecule has 11 heteroatoms. The summed E-state index contributed by atoms with van der Waals surface area (Å²) in [5, 5.41) is 15.6. The number of carbonyl (C=O) groups is 2. The van der Waals surface area contributed by atoms with Crippen LogP contribution < -0.4 is 0 Å². The van der Waals surface area contributed by atoms with Gasteiger partial charge in [-0.15, -0.1) is 0 Å². The smallest absolute Gasteiger partial charge is 0.269 e. The predicted molar refractivity (Wildman–Crippen MR) is 132 cm³/mol. The fourth-order valence-electron chi connectivity index (χ4n) is 4.26. The van der Waals surface area contributed by atoms with Gasteiger partial charge in [0.25, 0.3) is 11.6 Å². The van der Waals surface area contributed by atoms with E-state index in [1.807, 2.05) is 6.92 Å². The monoisotopic (exact) mass is 511 g/mol. The van der Waals surface area contributed by atoms with Gasteiger partial charge in [0, 0.05) is 41.4 Å². The highest BCUT2D eigenvalue weighted by Gasteiger charge is 2.33. The fraction of sp³-hybridized carbons (Fsp3) is 0.360. The molecule has 1 atom stereocenters. The largest absolute Gasteiger partial charge is 0.337 e. The Morgan fingerprint density at radius 3 is 2.56 bits per heavy atom. The van der Waals surface area contributed by atoms with Crippen LogP contribution in [0, 0.1) is 10.1 Å². The van der Waals surface area contributed by atoms with E-state index in [1.54, 1.807) is 29.2 Å². The molecule has 0 saturated carbocycles. The average Bonchev–Trinajstić information content (AvgIpc) is 3.38. The van der Waals surface area contributed by atoms with Crippen molar-refractivity contribution in [2.75, 3.05) is 19.6 Å². The molecule has 36 heavy (non-hydrogen) atoms. The Morgan fingerprint density at radius 2 is 1.89 bits per heavy atom. The van der Waals surface area contributed by atoms with Gasteiger partial charge in [-0.3, -0.25) is 19.7 Å². The number of non-ortho nitro benzene ring substituents is 1. The van der Waals surface area contributed by atoms with E-state index in [0.717, 1.165) is 18.4 Å². The molecule has 2 amide bonds. The number of nitro benzene ring substituents is 1. The van der Waals surface area contributed by atoms with Gasteiger partial charge in [0.15, 0.2) is 0 Å². The van der Waals surface area contributed by atoms with Gasteiger partial charge in [0.05, 0.1) is 4.92 Å². The van der Waals surface area contributed by atoms with Crippen molar-refractivity contribution in [3.05, 3.63) is 75.1 Å². The second-order valence-corrected chi connectivity index (χ2v) is 9.03. The average molecular weight is 512 g/mol. The van der Waals surface area contributed by atoms with Crippen LogP contribution in [-0.2, 0) is 4.79 Å². The molecule has 10 nitrogen and oxygen atoms in total. The second-order valence-electron chi connectivity index (χ2n) is 8.59. The number of piperidine rings is 1. The lowest BCUT2D eigenvalue weighted by Gasteiger charge is -2.35. The molecule has 1 saturated heterocycles. The highest BCUT2D eigenvalue weighted by molar-refractivity contribution is 6.30. The minimum absolute atomic E-state index is 0.0987. The highest BCUT2D eigenvalue weighted by Crippen LogP contribution is 2.31. The summed E-state index contributed by atoms with van der Waals surface area (Å²) in [5.41, 5.74) is 0.950. The maximum Gasteiger partial charge on any atom is 0.269 e. The van der Waals surface area contributed by atoms with Gasteiger partial charge in [0.1, 0.15) is 12.6 Å². The van der Waals surface area contributed by atoms with Gasteiger partial charge >= 0.3 is 0 Å². The van der Waals surface area contributed by atoms with Crippen molar-refractivity contribution >= 4 is 29.1 Å². The summed E-state index contributed by atoms with van der Waals surface area (Å²) in [7, 11) is 0. The van der Waals surface area contributed by atoms with Gasteiger partial charge in [0.2, 0.25) is 17.6 Å². The lowest BCUT2D eigenvalue weighted by molar-refractivity contribution is -0.384. The van der Waals surface area contributed by atoms with Crippen LogP contribution in [0.2, 0.25) is 5.02 Å². The molecule has 1 aliphatic rings. The Morgan fingerprint density at radius 1 is 1.17 bits per heavy atom. The molecular formula is C25H26ClN5O5. The van der Waals surface area contributed by atoms with Crippen molar-refractivity contribution in [3.8, 4) is 11.4 Å². The van der Waals surface area contributed by atoms with Gasteiger partial charge in [-0.25, -0.2) is 0 Å². The molecule has 0 aliphatic carbocycles. The summed E-state index contributed by atoms with van der Waals surface area (Å²) >= 11 is 5.96. The predicted octanol–water partition coefficient (Wildman–Crippen LogP) is 4.90. The summed E-state index contributed by atoms with van der Waals surface area (Å²) < 4.78 is 5.55. The van der Waals surface area contributed by atoms with Crippen LogP contribution in [0.3, 0.4) is 0 Å². The number of likely N-dealkylation sites (tertiary alicyclic amines) is 1. The van der Waals surface area contributed by atoms with Crippen LogP contribution in [0.15, 0.2) is 53.1 Å². The van der Waals surface area contributed by atoms with Crippen molar-refractivity contribution in [2.45, 2.75) is 38.6 Å². The quantitative estimate of drug-likeness (QED) is 0.311. The molecule has 4 rings (SSSR count). The van der Waals surface area contributed by atoms with Crippen molar-refractivity contribution in [3.63, 3.8) is 0 Å². The number of nitro groups is 1. The van der Waals surface area contributed by atoms with E-state index in [1.165, 1.54) is 29.2 Å². The molecule has 188 valence electrons. The Balaban J connectivity index is 1.50. The number of rotatable bonds is 8. The van der Waals surface area contributed by atoms with E-state index in [2.05, 4.69) is 10.1 Å². The summed E-state index contributed by atoms with van der Waals surface area (Å²) in [4.78, 5) is 44.6. The molecular weight excluding hydrogens is 486 g/mol. The molecule has 3 aromatic rings. The first kappa shape index (κ1) is 25.3. The van der Waals surface area contributed by atoms with Gasteiger partial charge in [-0.05, 0) is 62.1 Å². The Hall–Kier alpha value is -3.79. The maximum atomic E-state index is 13.4. The molecule has 1 unspecified atom stereocenters. The summed E-state index contributed by atoms with van der Waals surface area (Å²) in [5.74, 6) is 0.212. The van der Waals surface area contributed by atoms with Gasteiger partial charge in [-0.1, -0.05) is 23.7 Å². The number of carbonyl (C=O) groups excluding carboxylic acids is 2. The molecule has 1 fully saturated rings. The van der Waals surface area contributed by atoms with Crippen LogP contribution in [0.5, 0.6) is 0 Å². The summed E-state index contributed by atoms with van der Waals surface area (Å²) in [6.07, 6.45) is 3.08. The van der Waals surface area contributed by atoms with Crippen LogP contribution in [-0.4, -0.2) is 56.3 Å². The molecule has 1 aromatic heterocycles.